The van der Waals surface area contributed by atoms with Crippen molar-refractivity contribution >= 4 is 0 Å². The third kappa shape index (κ3) is 4.19. The molecule has 0 amide bonds. The van der Waals surface area contributed by atoms with Crippen LogP contribution in [-0.2, 0) is 5.54 Å². The van der Waals surface area contributed by atoms with Crippen LogP contribution in [0.15, 0.2) is 78.9 Å². The van der Waals surface area contributed by atoms with E-state index in [1.165, 1.54) is 0 Å². The SMILES string of the molecule is COc1ccc(OC)c(C(C)NCC(N)(c2ccccc2)c2ccccc2)c1. The molecule has 0 fully saturated rings. The summed E-state index contributed by atoms with van der Waals surface area (Å²) in [5.74, 6) is 1.62. The molecule has 146 valence electrons. The smallest absolute Gasteiger partial charge is 0.123 e. The molecule has 28 heavy (non-hydrogen) atoms. The van der Waals surface area contributed by atoms with Crippen molar-refractivity contribution in [3.8, 4) is 11.5 Å². The fraction of sp³-hybridized carbons (Fsp3) is 0.250. The van der Waals surface area contributed by atoms with Gasteiger partial charge in [-0.25, -0.2) is 0 Å². The van der Waals surface area contributed by atoms with E-state index in [9.17, 15) is 0 Å². The predicted octanol–water partition coefficient (Wildman–Crippen LogP) is 4.26. The second-order valence-electron chi connectivity index (χ2n) is 6.91. The first-order chi connectivity index (χ1) is 13.6. The minimum atomic E-state index is -0.650. The topological polar surface area (TPSA) is 56.5 Å². The summed E-state index contributed by atoms with van der Waals surface area (Å²) >= 11 is 0. The maximum Gasteiger partial charge on any atom is 0.123 e. The van der Waals surface area contributed by atoms with Gasteiger partial charge >= 0.3 is 0 Å². The molecule has 4 heteroatoms. The van der Waals surface area contributed by atoms with Gasteiger partial charge in [-0.05, 0) is 36.2 Å². The van der Waals surface area contributed by atoms with Crippen molar-refractivity contribution in [2.75, 3.05) is 20.8 Å². The molecule has 0 aliphatic heterocycles. The summed E-state index contributed by atoms with van der Waals surface area (Å²) in [7, 11) is 3.35. The van der Waals surface area contributed by atoms with Crippen molar-refractivity contribution in [3.63, 3.8) is 0 Å². The Balaban J connectivity index is 1.89. The highest BCUT2D eigenvalue weighted by Gasteiger charge is 2.30. The average molecular weight is 377 g/mol. The zero-order valence-electron chi connectivity index (χ0n) is 16.7. The van der Waals surface area contributed by atoms with Gasteiger partial charge in [0.15, 0.2) is 0 Å². The molecular weight excluding hydrogens is 348 g/mol. The summed E-state index contributed by atoms with van der Waals surface area (Å²) in [5.41, 5.74) is 9.49. The number of hydrogen-bond donors (Lipinski definition) is 2. The number of benzene rings is 3. The Kier molecular flexibility index (Phi) is 6.34. The van der Waals surface area contributed by atoms with E-state index in [1.807, 2.05) is 54.6 Å². The van der Waals surface area contributed by atoms with Crippen LogP contribution in [0.1, 0.15) is 29.7 Å². The fourth-order valence-electron chi connectivity index (χ4n) is 3.44. The van der Waals surface area contributed by atoms with Crippen LogP contribution in [0.5, 0.6) is 11.5 Å². The largest absolute Gasteiger partial charge is 0.497 e. The Labute approximate surface area is 167 Å². The summed E-state index contributed by atoms with van der Waals surface area (Å²) in [6.45, 7) is 2.68. The number of rotatable bonds is 8. The Morgan fingerprint density at radius 1 is 0.857 bits per heavy atom. The van der Waals surface area contributed by atoms with E-state index in [0.717, 1.165) is 28.2 Å². The zero-order chi connectivity index (χ0) is 20.0. The second-order valence-corrected chi connectivity index (χ2v) is 6.91. The van der Waals surface area contributed by atoms with Crippen molar-refractivity contribution in [3.05, 3.63) is 95.6 Å². The van der Waals surface area contributed by atoms with E-state index in [-0.39, 0.29) is 6.04 Å². The van der Waals surface area contributed by atoms with Crippen molar-refractivity contribution in [2.24, 2.45) is 5.73 Å². The molecule has 0 aliphatic carbocycles. The average Bonchev–Trinajstić information content (AvgIpc) is 2.77. The van der Waals surface area contributed by atoms with Gasteiger partial charge in [0, 0.05) is 18.2 Å². The third-order valence-corrected chi connectivity index (χ3v) is 5.17. The molecule has 1 atom stereocenters. The number of nitrogens with one attached hydrogen (secondary N) is 1. The molecule has 0 aliphatic rings. The minimum Gasteiger partial charge on any atom is -0.497 e. The van der Waals surface area contributed by atoms with Crippen LogP contribution in [-0.4, -0.2) is 20.8 Å². The fourth-order valence-corrected chi connectivity index (χ4v) is 3.44. The van der Waals surface area contributed by atoms with E-state index in [0.29, 0.717) is 6.54 Å². The summed E-state index contributed by atoms with van der Waals surface area (Å²) in [5, 5.41) is 3.60. The molecule has 0 heterocycles. The van der Waals surface area contributed by atoms with Crippen LogP contribution in [0.25, 0.3) is 0 Å². The van der Waals surface area contributed by atoms with Crippen LogP contribution in [0.4, 0.5) is 0 Å². The highest BCUT2D eigenvalue weighted by atomic mass is 16.5. The van der Waals surface area contributed by atoms with Crippen LogP contribution in [0, 0.1) is 0 Å². The summed E-state index contributed by atoms with van der Waals surface area (Å²) in [6.07, 6.45) is 0. The molecule has 0 aromatic heterocycles. The molecule has 0 bridgehead atoms. The van der Waals surface area contributed by atoms with Crippen molar-refractivity contribution in [1.82, 2.24) is 5.32 Å². The van der Waals surface area contributed by atoms with Gasteiger partial charge in [0.1, 0.15) is 11.5 Å². The summed E-state index contributed by atoms with van der Waals surface area (Å²) < 4.78 is 10.9. The number of ether oxygens (including phenoxy) is 2. The lowest BCUT2D eigenvalue weighted by Gasteiger charge is -2.33. The Bertz CT molecular complexity index is 842. The van der Waals surface area contributed by atoms with Crippen molar-refractivity contribution in [1.29, 1.82) is 0 Å². The normalized spacial score (nSPS) is 12.4. The van der Waals surface area contributed by atoms with Crippen molar-refractivity contribution in [2.45, 2.75) is 18.5 Å². The standard InChI is InChI=1S/C24H28N2O2/c1-18(22-16-21(27-2)14-15-23(22)28-3)26-17-24(25,19-10-6-4-7-11-19)20-12-8-5-9-13-20/h4-16,18,26H,17,25H2,1-3H3. The second kappa shape index (κ2) is 8.91. The third-order valence-electron chi connectivity index (χ3n) is 5.17. The highest BCUT2D eigenvalue weighted by Crippen LogP contribution is 2.31. The molecule has 1 unspecified atom stereocenters. The number of methoxy groups -OCH3 is 2. The minimum absolute atomic E-state index is 0.0281. The molecular formula is C24H28N2O2. The van der Waals surface area contributed by atoms with E-state index in [2.05, 4.69) is 36.5 Å². The highest BCUT2D eigenvalue weighted by molar-refractivity contribution is 5.43. The molecule has 4 nitrogen and oxygen atoms in total. The molecule has 0 radical (unpaired) electrons. The maximum absolute atomic E-state index is 6.98. The van der Waals surface area contributed by atoms with E-state index >= 15 is 0 Å². The Hall–Kier alpha value is -2.82. The first-order valence-corrected chi connectivity index (χ1v) is 9.43. The van der Waals surface area contributed by atoms with Crippen LogP contribution < -0.4 is 20.5 Å². The lowest BCUT2D eigenvalue weighted by molar-refractivity contribution is 0.385. The lowest BCUT2D eigenvalue weighted by Crippen LogP contribution is -2.47. The molecule has 0 saturated carbocycles. The zero-order valence-corrected chi connectivity index (χ0v) is 16.7. The van der Waals surface area contributed by atoms with Gasteiger partial charge in [0.05, 0.1) is 19.8 Å². The first kappa shape index (κ1) is 19.9. The number of nitrogens with two attached hydrogens (primary N) is 1. The first-order valence-electron chi connectivity index (χ1n) is 9.43. The van der Waals surface area contributed by atoms with E-state index in [1.54, 1.807) is 14.2 Å². The van der Waals surface area contributed by atoms with Gasteiger partial charge in [0.25, 0.3) is 0 Å². The maximum atomic E-state index is 6.98. The van der Waals surface area contributed by atoms with E-state index < -0.39 is 5.54 Å². The van der Waals surface area contributed by atoms with Gasteiger partial charge in [-0.15, -0.1) is 0 Å². The van der Waals surface area contributed by atoms with Gasteiger partial charge in [-0.1, -0.05) is 60.7 Å². The van der Waals surface area contributed by atoms with Gasteiger partial charge in [-0.3, -0.25) is 0 Å². The predicted molar refractivity (Wildman–Crippen MR) is 114 cm³/mol. The van der Waals surface area contributed by atoms with Crippen LogP contribution in [0.2, 0.25) is 0 Å². The van der Waals surface area contributed by atoms with Crippen LogP contribution in [0.3, 0.4) is 0 Å². The summed E-state index contributed by atoms with van der Waals surface area (Å²) in [4.78, 5) is 0. The van der Waals surface area contributed by atoms with Gasteiger partial charge < -0.3 is 20.5 Å². The van der Waals surface area contributed by atoms with Crippen molar-refractivity contribution < 1.29 is 9.47 Å². The molecule has 0 saturated heterocycles. The monoisotopic (exact) mass is 376 g/mol. The molecule has 3 N–H and O–H groups in total. The van der Waals surface area contributed by atoms with Gasteiger partial charge in [0.2, 0.25) is 0 Å². The van der Waals surface area contributed by atoms with E-state index in [4.69, 9.17) is 15.2 Å². The Morgan fingerprint density at radius 2 is 1.43 bits per heavy atom. The summed E-state index contributed by atoms with van der Waals surface area (Å²) in [6, 6.07) is 26.3. The Morgan fingerprint density at radius 3 is 1.93 bits per heavy atom. The van der Waals surface area contributed by atoms with Crippen LogP contribution >= 0.6 is 0 Å². The molecule has 0 spiro atoms. The lowest BCUT2D eigenvalue weighted by atomic mass is 9.83. The molecule has 3 rings (SSSR count). The van der Waals surface area contributed by atoms with Gasteiger partial charge in [-0.2, -0.15) is 0 Å². The molecule has 3 aromatic rings. The number of hydrogen-bond acceptors (Lipinski definition) is 4. The molecule has 3 aromatic carbocycles. The quantitative estimate of drug-likeness (QED) is 0.617.